The van der Waals surface area contributed by atoms with Crippen molar-refractivity contribution < 1.29 is 14.6 Å². The molecule has 0 aromatic rings. The Kier molecular flexibility index (Phi) is 6.12. The van der Waals surface area contributed by atoms with Crippen LogP contribution in [-0.4, -0.2) is 24.3 Å². The first-order chi connectivity index (χ1) is 5.70. The topological polar surface area (TPSA) is 46.5 Å². The summed E-state index contributed by atoms with van der Waals surface area (Å²) in [5.41, 5.74) is 0. The van der Waals surface area contributed by atoms with Crippen LogP contribution in [0.15, 0.2) is 0 Å². The third-order valence-corrected chi connectivity index (χ3v) is 1.40. The van der Waals surface area contributed by atoms with Crippen LogP contribution in [0.3, 0.4) is 0 Å². The van der Waals surface area contributed by atoms with Crippen molar-refractivity contribution in [3.63, 3.8) is 0 Å². The Morgan fingerprint density at radius 1 is 1.67 bits per heavy atom. The minimum Gasteiger partial charge on any atom is -0.469 e. The van der Waals surface area contributed by atoms with Crippen LogP contribution >= 0.6 is 0 Å². The molecule has 0 aliphatic rings. The number of rotatable bonds is 4. The van der Waals surface area contributed by atoms with Gasteiger partial charge >= 0.3 is 5.97 Å². The van der Waals surface area contributed by atoms with Crippen LogP contribution in [0.1, 0.15) is 26.2 Å². The molecule has 1 unspecified atom stereocenters. The Bertz CT molecular complexity index is 188. The molecular formula is C9H14O3. The molecule has 0 rings (SSSR count). The van der Waals surface area contributed by atoms with E-state index < -0.39 is 6.10 Å². The summed E-state index contributed by atoms with van der Waals surface area (Å²) < 4.78 is 4.44. The smallest absolute Gasteiger partial charge is 0.305 e. The molecule has 0 aliphatic heterocycles. The van der Waals surface area contributed by atoms with Crippen LogP contribution in [0.25, 0.3) is 0 Å². The quantitative estimate of drug-likeness (QED) is 0.499. The monoisotopic (exact) mass is 170 g/mol. The minimum atomic E-state index is -0.611. The Morgan fingerprint density at radius 3 is 2.83 bits per heavy atom. The fourth-order valence-corrected chi connectivity index (χ4v) is 0.781. The first-order valence-corrected chi connectivity index (χ1v) is 3.88. The Balaban J connectivity index is 3.41. The molecule has 0 saturated carbocycles. The zero-order chi connectivity index (χ0) is 9.40. The van der Waals surface area contributed by atoms with Crippen LogP contribution in [-0.2, 0) is 9.53 Å². The van der Waals surface area contributed by atoms with E-state index in [4.69, 9.17) is 5.11 Å². The summed E-state index contributed by atoms with van der Waals surface area (Å²) in [6, 6.07) is 0. The third kappa shape index (κ3) is 5.75. The maximum Gasteiger partial charge on any atom is 0.305 e. The van der Waals surface area contributed by atoms with Crippen LogP contribution in [0, 0.1) is 11.8 Å². The molecule has 12 heavy (non-hydrogen) atoms. The van der Waals surface area contributed by atoms with Crippen molar-refractivity contribution in [1.82, 2.24) is 0 Å². The number of hydrogen-bond donors (Lipinski definition) is 1. The van der Waals surface area contributed by atoms with Crippen LogP contribution in [0.2, 0.25) is 0 Å². The summed E-state index contributed by atoms with van der Waals surface area (Å²) in [6.45, 7) is 1.67. The summed E-state index contributed by atoms with van der Waals surface area (Å²) in [5.74, 6) is 4.95. The van der Waals surface area contributed by atoms with Crippen molar-refractivity contribution in [3.8, 4) is 11.8 Å². The molecule has 0 spiro atoms. The lowest BCUT2D eigenvalue weighted by atomic mass is 10.1. The van der Waals surface area contributed by atoms with Crippen molar-refractivity contribution >= 4 is 5.97 Å². The normalized spacial score (nSPS) is 11.2. The number of aliphatic hydroxyl groups is 1. The van der Waals surface area contributed by atoms with Crippen LogP contribution in [0.5, 0.6) is 0 Å². The van der Waals surface area contributed by atoms with E-state index in [-0.39, 0.29) is 5.97 Å². The number of methoxy groups -OCH3 is 1. The van der Waals surface area contributed by atoms with Gasteiger partial charge in [-0.25, -0.2) is 0 Å². The largest absolute Gasteiger partial charge is 0.469 e. The van der Waals surface area contributed by atoms with Crippen molar-refractivity contribution in [2.45, 2.75) is 32.3 Å². The van der Waals surface area contributed by atoms with Gasteiger partial charge in [0.05, 0.1) is 7.11 Å². The van der Waals surface area contributed by atoms with Gasteiger partial charge in [-0.3, -0.25) is 4.79 Å². The lowest BCUT2D eigenvalue weighted by Gasteiger charge is -2.01. The van der Waals surface area contributed by atoms with E-state index in [9.17, 15) is 4.79 Å². The zero-order valence-electron chi connectivity index (χ0n) is 7.46. The number of esters is 1. The predicted molar refractivity (Wildman–Crippen MR) is 45.3 cm³/mol. The van der Waals surface area contributed by atoms with E-state index in [0.717, 1.165) is 0 Å². The van der Waals surface area contributed by atoms with E-state index in [1.807, 2.05) is 0 Å². The van der Waals surface area contributed by atoms with E-state index in [1.54, 1.807) is 6.92 Å². The van der Waals surface area contributed by atoms with Gasteiger partial charge in [0.1, 0.15) is 6.10 Å². The summed E-state index contributed by atoms with van der Waals surface area (Å²) in [7, 11) is 1.35. The lowest BCUT2D eigenvalue weighted by molar-refractivity contribution is -0.140. The molecule has 0 bridgehead atoms. The first-order valence-electron chi connectivity index (χ1n) is 3.88. The summed E-state index contributed by atoms with van der Waals surface area (Å²) in [5, 5.41) is 9.11. The second-order valence-electron chi connectivity index (χ2n) is 2.38. The number of hydrogen-bond acceptors (Lipinski definition) is 3. The molecule has 1 atom stereocenters. The second-order valence-corrected chi connectivity index (χ2v) is 2.38. The molecule has 3 nitrogen and oxygen atoms in total. The maximum absolute atomic E-state index is 10.6. The highest BCUT2D eigenvalue weighted by Crippen LogP contribution is 2.00. The molecule has 1 N–H and O–H groups in total. The summed E-state index contributed by atoms with van der Waals surface area (Å²) >= 11 is 0. The van der Waals surface area contributed by atoms with E-state index in [2.05, 4.69) is 16.6 Å². The molecule has 3 heteroatoms. The van der Waals surface area contributed by atoms with Gasteiger partial charge < -0.3 is 9.84 Å². The minimum absolute atomic E-state index is 0.244. The number of carbonyl (C=O) groups is 1. The van der Waals surface area contributed by atoms with Gasteiger partial charge in [0, 0.05) is 6.42 Å². The average molecular weight is 170 g/mol. The Labute approximate surface area is 72.7 Å². The number of ether oxygens (including phenoxy) is 1. The van der Waals surface area contributed by atoms with Crippen LogP contribution < -0.4 is 0 Å². The molecule has 0 aromatic carbocycles. The molecule has 0 fully saturated rings. The fourth-order valence-electron chi connectivity index (χ4n) is 0.781. The van der Waals surface area contributed by atoms with Gasteiger partial charge in [-0.2, -0.15) is 0 Å². The van der Waals surface area contributed by atoms with Gasteiger partial charge in [0.15, 0.2) is 0 Å². The van der Waals surface area contributed by atoms with Crippen molar-refractivity contribution in [3.05, 3.63) is 0 Å². The predicted octanol–water partition coefficient (Wildman–Crippen LogP) is 0.714. The van der Waals surface area contributed by atoms with E-state index in [0.29, 0.717) is 19.3 Å². The summed E-state index contributed by atoms with van der Waals surface area (Å²) in [4.78, 5) is 10.6. The Morgan fingerprint density at radius 2 is 2.33 bits per heavy atom. The zero-order valence-corrected chi connectivity index (χ0v) is 7.46. The molecule has 0 aliphatic carbocycles. The number of carbonyl (C=O) groups excluding carboxylic acids is 1. The van der Waals surface area contributed by atoms with Gasteiger partial charge in [0.2, 0.25) is 0 Å². The molecule has 0 saturated heterocycles. The molecule has 0 aromatic heterocycles. The maximum atomic E-state index is 10.6. The van der Waals surface area contributed by atoms with Gasteiger partial charge in [0.25, 0.3) is 0 Å². The average Bonchev–Trinajstić information content (AvgIpc) is 2.04. The van der Waals surface area contributed by atoms with Crippen molar-refractivity contribution in [2.75, 3.05) is 7.11 Å². The molecular weight excluding hydrogens is 156 g/mol. The standard InChI is InChI=1S/C9H14O3/c1-3-5-8(10)6-4-7-9(11)12-2/h8,10H,4,6-7H2,1-2H3. The van der Waals surface area contributed by atoms with Gasteiger partial charge in [-0.1, -0.05) is 5.92 Å². The van der Waals surface area contributed by atoms with Gasteiger partial charge in [-0.15, -0.1) is 5.92 Å². The molecule has 0 radical (unpaired) electrons. The van der Waals surface area contributed by atoms with Crippen LogP contribution in [0.4, 0.5) is 0 Å². The number of aliphatic hydroxyl groups excluding tert-OH is 1. The van der Waals surface area contributed by atoms with Gasteiger partial charge in [-0.05, 0) is 19.8 Å². The van der Waals surface area contributed by atoms with Crippen molar-refractivity contribution in [1.29, 1.82) is 0 Å². The highest BCUT2D eigenvalue weighted by molar-refractivity contribution is 5.68. The molecule has 68 valence electrons. The SMILES string of the molecule is CC#CC(O)CCCC(=O)OC. The lowest BCUT2D eigenvalue weighted by Crippen LogP contribution is -2.05. The first kappa shape index (κ1) is 11.0. The second kappa shape index (κ2) is 6.68. The van der Waals surface area contributed by atoms with Crippen molar-refractivity contribution in [2.24, 2.45) is 0 Å². The fraction of sp³-hybridized carbons (Fsp3) is 0.667. The van der Waals surface area contributed by atoms with E-state index in [1.165, 1.54) is 7.11 Å². The van der Waals surface area contributed by atoms with E-state index >= 15 is 0 Å². The molecule has 0 amide bonds. The molecule has 0 heterocycles. The highest BCUT2D eigenvalue weighted by atomic mass is 16.5. The Hall–Kier alpha value is -1.01. The third-order valence-electron chi connectivity index (χ3n) is 1.40. The summed E-state index contributed by atoms with van der Waals surface area (Å²) in [6.07, 6.45) is 0.872. The highest BCUT2D eigenvalue weighted by Gasteiger charge is 2.02.